The van der Waals surface area contributed by atoms with E-state index >= 15 is 0 Å². The summed E-state index contributed by atoms with van der Waals surface area (Å²) in [5.74, 6) is -1.17. The predicted octanol–water partition coefficient (Wildman–Crippen LogP) is 4.56. The van der Waals surface area contributed by atoms with Crippen LogP contribution in [-0.2, 0) is 23.1 Å². The molecule has 2 heterocycles. The summed E-state index contributed by atoms with van der Waals surface area (Å²) in [7, 11) is -2.25. The van der Waals surface area contributed by atoms with E-state index in [0.717, 1.165) is 18.5 Å². The van der Waals surface area contributed by atoms with Gasteiger partial charge in [-0.1, -0.05) is 13.0 Å². The molecule has 0 saturated heterocycles. The number of pyridine rings is 1. The molecule has 37 heavy (non-hydrogen) atoms. The van der Waals surface area contributed by atoms with Crippen molar-refractivity contribution in [2.45, 2.75) is 69.2 Å². The smallest absolute Gasteiger partial charge is 0.346 e. The number of carbonyl (C=O) groups is 1. The topological polar surface area (TPSA) is 91.4 Å². The number of halogens is 3. The number of alkyl halides is 3. The summed E-state index contributed by atoms with van der Waals surface area (Å²) in [6.07, 6.45) is -0.352. The van der Waals surface area contributed by atoms with E-state index in [-0.39, 0.29) is 42.1 Å². The maximum atomic E-state index is 13.0. The van der Waals surface area contributed by atoms with Crippen molar-refractivity contribution < 1.29 is 26.4 Å². The summed E-state index contributed by atoms with van der Waals surface area (Å²) in [6.45, 7) is 3.70. The number of sulfonamides is 1. The second-order valence-electron chi connectivity index (χ2n) is 9.90. The second-order valence-corrected chi connectivity index (χ2v) is 11.8. The molecule has 11 heteroatoms. The van der Waals surface area contributed by atoms with Gasteiger partial charge in [-0.15, -0.1) is 0 Å². The van der Waals surface area contributed by atoms with Gasteiger partial charge in [0.1, 0.15) is 4.90 Å². The fourth-order valence-electron chi connectivity index (χ4n) is 5.47. The fraction of sp³-hybridized carbons (Fsp3) is 0.538. The Morgan fingerprint density at radius 1 is 1.14 bits per heavy atom. The van der Waals surface area contributed by atoms with Gasteiger partial charge in [0.15, 0.2) is 0 Å². The first kappa shape index (κ1) is 27.5. The molecule has 0 bridgehead atoms. The van der Waals surface area contributed by atoms with E-state index in [1.165, 1.54) is 24.9 Å². The Morgan fingerprint density at radius 3 is 2.46 bits per heavy atom. The van der Waals surface area contributed by atoms with Crippen molar-refractivity contribution in [2.75, 3.05) is 13.6 Å². The highest BCUT2D eigenvalue weighted by Crippen LogP contribution is 2.42. The van der Waals surface area contributed by atoms with E-state index in [0.29, 0.717) is 30.6 Å². The molecule has 0 radical (unpaired) electrons. The summed E-state index contributed by atoms with van der Waals surface area (Å²) < 4.78 is 64.9. The fourth-order valence-corrected chi connectivity index (χ4v) is 6.15. The summed E-state index contributed by atoms with van der Waals surface area (Å²) in [5.41, 5.74) is 3.30. The van der Waals surface area contributed by atoms with E-state index in [2.05, 4.69) is 26.8 Å². The van der Waals surface area contributed by atoms with Crippen molar-refractivity contribution in [1.29, 1.82) is 0 Å². The van der Waals surface area contributed by atoms with Gasteiger partial charge in [-0.3, -0.25) is 14.7 Å². The van der Waals surface area contributed by atoms with Crippen LogP contribution >= 0.6 is 0 Å². The first-order chi connectivity index (χ1) is 17.5. The van der Waals surface area contributed by atoms with Crippen LogP contribution in [0.25, 0.3) is 0 Å². The van der Waals surface area contributed by atoms with Crippen LogP contribution in [0.3, 0.4) is 0 Å². The Morgan fingerprint density at radius 2 is 1.86 bits per heavy atom. The molecule has 1 aliphatic carbocycles. The number of amides is 1. The minimum absolute atomic E-state index is 0.0483. The molecule has 1 amide bonds. The van der Waals surface area contributed by atoms with Gasteiger partial charge in [0.05, 0.1) is 18.2 Å². The standard InChI is InChI=1S/C26H33F3N4O3S/c1-3-24-23-11-6-18(25(34)32-13-21-9-10-22(14-31-21)37(35,36)30-2)12-19(23)16-33(24)15-17-4-7-20(8-5-17)26(27,28)29/h6,9-12,14,17,20,24,30H,3-5,7-8,13,15-16H2,1-2H3,(H,32,34)/t17-,20-,24-/m1/s1. The Labute approximate surface area is 215 Å². The first-order valence-electron chi connectivity index (χ1n) is 12.6. The Balaban J connectivity index is 1.35. The van der Waals surface area contributed by atoms with E-state index in [1.807, 2.05) is 12.1 Å². The van der Waals surface area contributed by atoms with Crippen LogP contribution in [-0.4, -0.2) is 44.0 Å². The average Bonchev–Trinajstić information content (AvgIpc) is 3.23. The highest BCUT2D eigenvalue weighted by atomic mass is 32.2. The van der Waals surface area contributed by atoms with Crippen LogP contribution in [0.1, 0.15) is 72.2 Å². The molecule has 4 rings (SSSR count). The van der Waals surface area contributed by atoms with E-state index in [9.17, 15) is 26.4 Å². The highest BCUT2D eigenvalue weighted by molar-refractivity contribution is 7.89. The first-order valence-corrected chi connectivity index (χ1v) is 14.1. The number of rotatable bonds is 8. The Bertz CT molecular complexity index is 1210. The molecule has 1 aromatic carbocycles. The normalized spacial score (nSPS) is 22.6. The maximum absolute atomic E-state index is 13.0. The lowest BCUT2D eigenvalue weighted by Gasteiger charge is -2.34. The molecular formula is C26H33F3N4O3S. The van der Waals surface area contributed by atoms with Crippen LogP contribution in [0.2, 0.25) is 0 Å². The zero-order valence-corrected chi connectivity index (χ0v) is 21.8. The number of hydrogen-bond donors (Lipinski definition) is 2. The lowest BCUT2D eigenvalue weighted by atomic mass is 9.81. The van der Waals surface area contributed by atoms with Gasteiger partial charge in [0.25, 0.3) is 5.91 Å². The van der Waals surface area contributed by atoms with Crippen molar-refractivity contribution in [3.8, 4) is 0 Å². The molecule has 2 N–H and O–H groups in total. The molecule has 7 nitrogen and oxygen atoms in total. The van der Waals surface area contributed by atoms with Crippen LogP contribution in [0.4, 0.5) is 13.2 Å². The quantitative estimate of drug-likeness (QED) is 0.515. The van der Waals surface area contributed by atoms with E-state index in [4.69, 9.17) is 0 Å². The molecule has 1 aliphatic heterocycles. The summed E-state index contributed by atoms with van der Waals surface area (Å²) in [4.78, 5) is 19.3. The van der Waals surface area contributed by atoms with Crippen LogP contribution in [0, 0.1) is 11.8 Å². The Kier molecular flexibility index (Phi) is 8.25. The SMILES string of the molecule is CC[C@@H]1c2ccc(C(=O)NCc3ccc(S(=O)(=O)NC)cn3)cc2CN1C[C@H]1CC[C@H](C(F)(F)F)CC1. The third kappa shape index (κ3) is 6.32. The number of benzene rings is 1. The zero-order valence-electron chi connectivity index (χ0n) is 21.0. The summed E-state index contributed by atoms with van der Waals surface area (Å²) >= 11 is 0. The number of nitrogens with zero attached hydrogens (tertiary/aromatic N) is 2. The van der Waals surface area contributed by atoms with E-state index in [1.54, 1.807) is 12.1 Å². The monoisotopic (exact) mass is 538 g/mol. The molecule has 2 aliphatic rings. The van der Waals surface area contributed by atoms with Crippen molar-refractivity contribution in [3.63, 3.8) is 0 Å². The van der Waals surface area contributed by atoms with Crippen molar-refractivity contribution in [1.82, 2.24) is 19.9 Å². The van der Waals surface area contributed by atoms with Gasteiger partial charge >= 0.3 is 6.18 Å². The molecule has 1 aromatic heterocycles. The minimum atomic E-state index is -4.09. The number of nitrogens with one attached hydrogen (secondary N) is 2. The van der Waals surface area contributed by atoms with Crippen molar-refractivity contribution in [3.05, 3.63) is 58.9 Å². The third-order valence-electron chi connectivity index (χ3n) is 7.57. The zero-order chi connectivity index (χ0) is 26.8. The minimum Gasteiger partial charge on any atom is -0.346 e. The lowest BCUT2D eigenvalue weighted by molar-refractivity contribution is -0.184. The number of hydrogen-bond acceptors (Lipinski definition) is 5. The summed E-state index contributed by atoms with van der Waals surface area (Å²) in [5, 5.41) is 2.82. The van der Waals surface area contributed by atoms with Gasteiger partial charge in [0.2, 0.25) is 10.0 Å². The Hall–Kier alpha value is -2.50. The maximum Gasteiger partial charge on any atom is 0.391 e. The van der Waals surface area contributed by atoms with E-state index < -0.39 is 22.1 Å². The number of carbonyl (C=O) groups excluding carboxylic acids is 1. The predicted molar refractivity (Wildman–Crippen MR) is 133 cm³/mol. The largest absolute Gasteiger partial charge is 0.391 e. The van der Waals surface area contributed by atoms with Gasteiger partial charge in [0, 0.05) is 30.9 Å². The van der Waals surface area contributed by atoms with Crippen molar-refractivity contribution >= 4 is 15.9 Å². The molecule has 1 saturated carbocycles. The van der Waals surface area contributed by atoms with Gasteiger partial charge < -0.3 is 5.32 Å². The highest BCUT2D eigenvalue weighted by Gasteiger charge is 2.42. The third-order valence-corrected chi connectivity index (χ3v) is 8.97. The molecule has 0 unspecified atom stereocenters. The molecular weight excluding hydrogens is 505 g/mol. The second kappa shape index (κ2) is 11.1. The van der Waals surface area contributed by atoms with Crippen molar-refractivity contribution in [2.24, 2.45) is 11.8 Å². The molecule has 202 valence electrons. The number of fused-ring (bicyclic) bond motifs is 1. The number of aromatic nitrogens is 1. The van der Waals surface area contributed by atoms with Crippen LogP contribution in [0.15, 0.2) is 41.4 Å². The summed E-state index contributed by atoms with van der Waals surface area (Å²) in [6, 6.07) is 8.86. The molecule has 2 aromatic rings. The molecule has 1 atom stereocenters. The average molecular weight is 539 g/mol. The van der Waals surface area contributed by atoms with Gasteiger partial charge in [-0.2, -0.15) is 13.2 Å². The van der Waals surface area contributed by atoms with Gasteiger partial charge in [-0.05, 0) is 80.5 Å². The van der Waals surface area contributed by atoms with Gasteiger partial charge in [-0.25, -0.2) is 13.1 Å². The van der Waals surface area contributed by atoms with Crippen LogP contribution in [0.5, 0.6) is 0 Å². The molecule has 1 fully saturated rings. The molecule has 0 spiro atoms. The van der Waals surface area contributed by atoms with Crippen LogP contribution < -0.4 is 10.0 Å². The lowest BCUT2D eigenvalue weighted by Crippen LogP contribution is -2.33.